The Morgan fingerprint density at radius 1 is 1.18 bits per heavy atom. The van der Waals surface area contributed by atoms with Crippen LogP contribution < -0.4 is 10.5 Å². The molecular weight excluding hydrogens is 214 g/mol. The van der Waals surface area contributed by atoms with Gasteiger partial charge in [0.15, 0.2) is 0 Å². The molecule has 3 aromatic rings. The average molecular weight is 227 g/mol. The lowest BCUT2D eigenvalue weighted by atomic mass is 10.2. The molecule has 0 aliphatic heterocycles. The predicted molar refractivity (Wildman–Crippen MR) is 69.2 cm³/mol. The zero-order valence-electron chi connectivity index (χ0n) is 9.77. The summed E-state index contributed by atoms with van der Waals surface area (Å²) in [5.41, 5.74) is 7.92. The number of hydrogen-bond acceptors (Lipinski definition) is 3. The number of anilines is 1. The Morgan fingerprint density at radius 2 is 2.00 bits per heavy atom. The molecule has 3 rings (SSSR count). The molecule has 17 heavy (non-hydrogen) atoms. The van der Waals surface area contributed by atoms with Crippen LogP contribution in [0.15, 0.2) is 30.5 Å². The fourth-order valence-electron chi connectivity index (χ4n) is 2.22. The summed E-state index contributed by atoms with van der Waals surface area (Å²) in [7, 11) is 3.69. The first-order valence-corrected chi connectivity index (χ1v) is 5.38. The van der Waals surface area contributed by atoms with Crippen molar-refractivity contribution in [3.63, 3.8) is 0 Å². The van der Waals surface area contributed by atoms with Crippen LogP contribution in [0.1, 0.15) is 0 Å². The highest BCUT2D eigenvalue weighted by molar-refractivity contribution is 6.08. The quantitative estimate of drug-likeness (QED) is 0.694. The summed E-state index contributed by atoms with van der Waals surface area (Å²) in [4.78, 5) is 4.13. The van der Waals surface area contributed by atoms with Crippen molar-refractivity contribution < 1.29 is 4.74 Å². The maximum atomic E-state index is 5.74. The Hall–Kier alpha value is -2.23. The molecule has 0 aliphatic carbocycles. The lowest BCUT2D eigenvalue weighted by molar-refractivity contribution is 0.415. The van der Waals surface area contributed by atoms with Gasteiger partial charge < -0.3 is 15.0 Å². The van der Waals surface area contributed by atoms with Crippen LogP contribution in [-0.4, -0.2) is 16.7 Å². The second-order valence-electron chi connectivity index (χ2n) is 4.07. The van der Waals surface area contributed by atoms with Crippen molar-refractivity contribution in [1.82, 2.24) is 9.55 Å². The number of nitrogens with zero attached hydrogens (tertiary/aromatic N) is 2. The van der Waals surface area contributed by atoms with Gasteiger partial charge in [-0.3, -0.25) is 0 Å². The summed E-state index contributed by atoms with van der Waals surface area (Å²) >= 11 is 0. The van der Waals surface area contributed by atoms with Gasteiger partial charge in [0.25, 0.3) is 0 Å². The molecule has 0 saturated carbocycles. The molecular formula is C13H13N3O. The smallest absolute Gasteiger partial charge is 0.124 e. The minimum atomic E-state index is 0.542. The number of nitrogens with two attached hydrogens (primary N) is 1. The minimum Gasteiger partial charge on any atom is -0.497 e. The molecule has 2 aromatic heterocycles. The summed E-state index contributed by atoms with van der Waals surface area (Å²) in [5, 5.41) is 2.29. The van der Waals surface area contributed by atoms with E-state index in [1.165, 1.54) is 0 Å². The van der Waals surface area contributed by atoms with E-state index in [9.17, 15) is 0 Å². The highest BCUT2D eigenvalue weighted by atomic mass is 16.5. The number of benzene rings is 1. The van der Waals surface area contributed by atoms with Gasteiger partial charge in [-0.1, -0.05) is 0 Å². The van der Waals surface area contributed by atoms with E-state index in [0.29, 0.717) is 5.82 Å². The third-order valence-corrected chi connectivity index (χ3v) is 3.12. The fraction of sp³-hybridized carbons (Fsp3) is 0.154. The van der Waals surface area contributed by atoms with E-state index in [2.05, 4.69) is 15.6 Å². The van der Waals surface area contributed by atoms with Crippen molar-refractivity contribution in [3.05, 3.63) is 30.5 Å². The van der Waals surface area contributed by atoms with Gasteiger partial charge in [0.2, 0.25) is 0 Å². The van der Waals surface area contributed by atoms with E-state index < -0.39 is 0 Å². The van der Waals surface area contributed by atoms with Crippen molar-refractivity contribution in [2.45, 2.75) is 0 Å². The maximum absolute atomic E-state index is 5.74. The number of ether oxygens (including phenoxy) is 1. The first-order chi connectivity index (χ1) is 8.20. The van der Waals surface area contributed by atoms with Crippen LogP contribution in [-0.2, 0) is 7.05 Å². The van der Waals surface area contributed by atoms with Crippen molar-refractivity contribution >= 4 is 27.6 Å². The van der Waals surface area contributed by atoms with E-state index in [1.54, 1.807) is 13.3 Å². The lowest BCUT2D eigenvalue weighted by Gasteiger charge is -2.01. The number of fused-ring (bicyclic) bond motifs is 3. The Morgan fingerprint density at radius 3 is 2.76 bits per heavy atom. The zero-order chi connectivity index (χ0) is 12.0. The molecule has 4 nitrogen and oxygen atoms in total. The number of aryl methyl sites for hydroxylation is 1. The van der Waals surface area contributed by atoms with Crippen LogP contribution in [0.3, 0.4) is 0 Å². The summed E-state index contributed by atoms with van der Waals surface area (Å²) in [6, 6.07) is 7.93. The fourth-order valence-corrected chi connectivity index (χ4v) is 2.22. The van der Waals surface area contributed by atoms with E-state index in [-0.39, 0.29) is 0 Å². The Balaban J connectivity index is 2.49. The van der Waals surface area contributed by atoms with Crippen LogP contribution in [0.2, 0.25) is 0 Å². The second-order valence-corrected chi connectivity index (χ2v) is 4.07. The first kappa shape index (κ1) is 9.96. The van der Waals surface area contributed by atoms with Gasteiger partial charge >= 0.3 is 0 Å². The van der Waals surface area contributed by atoms with Crippen LogP contribution >= 0.6 is 0 Å². The molecule has 2 N–H and O–H groups in total. The second kappa shape index (κ2) is 3.38. The van der Waals surface area contributed by atoms with Crippen LogP contribution in [0.5, 0.6) is 5.75 Å². The van der Waals surface area contributed by atoms with Crippen molar-refractivity contribution in [3.8, 4) is 5.75 Å². The highest BCUT2D eigenvalue weighted by Gasteiger charge is 2.09. The third kappa shape index (κ3) is 1.34. The number of hydrogen-bond donors (Lipinski definition) is 1. The SMILES string of the molecule is COc1ccc2c3cc(N)ncc3n(C)c2c1. The zero-order valence-corrected chi connectivity index (χ0v) is 9.77. The molecule has 0 fully saturated rings. The molecule has 2 heterocycles. The number of methoxy groups -OCH3 is 1. The topological polar surface area (TPSA) is 53.1 Å². The molecule has 0 saturated heterocycles. The number of aromatic nitrogens is 2. The van der Waals surface area contributed by atoms with Crippen molar-refractivity contribution in [2.24, 2.45) is 7.05 Å². The maximum Gasteiger partial charge on any atom is 0.124 e. The van der Waals surface area contributed by atoms with E-state index in [1.807, 2.05) is 25.2 Å². The molecule has 0 atom stereocenters. The Bertz CT molecular complexity index is 715. The van der Waals surface area contributed by atoms with E-state index >= 15 is 0 Å². The molecule has 0 amide bonds. The normalized spacial score (nSPS) is 11.2. The van der Waals surface area contributed by atoms with Gasteiger partial charge in [-0.05, 0) is 18.2 Å². The van der Waals surface area contributed by atoms with Gasteiger partial charge in [-0.15, -0.1) is 0 Å². The lowest BCUT2D eigenvalue weighted by Crippen LogP contribution is -1.91. The molecule has 0 aliphatic rings. The summed E-state index contributed by atoms with van der Waals surface area (Å²) in [6.45, 7) is 0. The summed E-state index contributed by atoms with van der Waals surface area (Å²) < 4.78 is 7.34. The summed E-state index contributed by atoms with van der Waals surface area (Å²) in [6.07, 6.45) is 1.80. The van der Waals surface area contributed by atoms with Gasteiger partial charge in [0.05, 0.1) is 24.3 Å². The molecule has 1 aromatic carbocycles. The van der Waals surface area contributed by atoms with Crippen LogP contribution in [0.4, 0.5) is 5.82 Å². The van der Waals surface area contributed by atoms with Crippen LogP contribution in [0, 0.1) is 0 Å². The van der Waals surface area contributed by atoms with Gasteiger partial charge in [0.1, 0.15) is 11.6 Å². The number of pyridine rings is 1. The van der Waals surface area contributed by atoms with E-state index in [4.69, 9.17) is 10.5 Å². The third-order valence-electron chi connectivity index (χ3n) is 3.12. The molecule has 4 heteroatoms. The van der Waals surface area contributed by atoms with Gasteiger partial charge in [-0.25, -0.2) is 4.98 Å². The minimum absolute atomic E-state index is 0.542. The first-order valence-electron chi connectivity index (χ1n) is 5.38. The largest absolute Gasteiger partial charge is 0.497 e. The van der Waals surface area contributed by atoms with Crippen LogP contribution in [0.25, 0.3) is 21.8 Å². The standard InChI is InChI=1S/C13H13N3O/c1-16-11-5-8(17-2)3-4-9(11)10-6-13(14)15-7-12(10)16/h3-7H,1-2H3,(H2,14,15). The summed E-state index contributed by atoms with van der Waals surface area (Å²) in [5.74, 6) is 1.39. The van der Waals surface area contributed by atoms with E-state index in [0.717, 1.165) is 27.6 Å². The molecule has 86 valence electrons. The van der Waals surface area contributed by atoms with Gasteiger partial charge in [-0.2, -0.15) is 0 Å². The molecule has 0 bridgehead atoms. The monoisotopic (exact) mass is 227 g/mol. The molecule has 0 spiro atoms. The highest BCUT2D eigenvalue weighted by Crippen LogP contribution is 2.30. The average Bonchev–Trinajstić information content (AvgIpc) is 2.62. The van der Waals surface area contributed by atoms with Gasteiger partial charge in [0, 0.05) is 23.9 Å². The van der Waals surface area contributed by atoms with Crippen molar-refractivity contribution in [2.75, 3.05) is 12.8 Å². The Kier molecular flexibility index (Phi) is 1.98. The number of rotatable bonds is 1. The predicted octanol–water partition coefficient (Wildman–Crippen LogP) is 2.32. The number of nitrogen functional groups attached to an aromatic ring is 1. The van der Waals surface area contributed by atoms with Crippen molar-refractivity contribution in [1.29, 1.82) is 0 Å². The molecule has 0 unspecified atom stereocenters. The molecule has 0 radical (unpaired) electrons. The Labute approximate surface area is 98.6 Å².